The van der Waals surface area contributed by atoms with Gasteiger partial charge in [0.25, 0.3) is 5.92 Å². The molecule has 2 aliphatic rings. The summed E-state index contributed by atoms with van der Waals surface area (Å²) in [5.74, 6) is -2.37. The highest BCUT2D eigenvalue weighted by molar-refractivity contribution is 5.78. The van der Waals surface area contributed by atoms with Crippen molar-refractivity contribution in [3.8, 4) is 0 Å². The Kier molecular flexibility index (Phi) is 3.93. The van der Waals surface area contributed by atoms with Crippen molar-refractivity contribution in [1.82, 2.24) is 15.1 Å². The second kappa shape index (κ2) is 5.27. The van der Waals surface area contributed by atoms with E-state index in [9.17, 15) is 13.6 Å². The average molecular weight is 247 g/mol. The van der Waals surface area contributed by atoms with Gasteiger partial charge in [0.05, 0.1) is 6.54 Å². The molecule has 2 fully saturated rings. The molecule has 0 aromatic rings. The van der Waals surface area contributed by atoms with Gasteiger partial charge in [-0.2, -0.15) is 0 Å². The zero-order chi connectivity index (χ0) is 12.3. The molecular weight excluding hydrogens is 228 g/mol. The minimum atomic E-state index is -2.48. The van der Waals surface area contributed by atoms with Gasteiger partial charge in [0.15, 0.2) is 0 Å². The molecule has 2 rings (SSSR count). The molecule has 6 heteroatoms. The van der Waals surface area contributed by atoms with Gasteiger partial charge in [0, 0.05) is 52.1 Å². The fourth-order valence-electron chi connectivity index (χ4n) is 2.25. The van der Waals surface area contributed by atoms with Gasteiger partial charge in [-0.25, -0.2) is 8.78 Å². The fraction of sp³-hybridized carbons (Fsp3) is 0.909. The predicted molar refractivity (Wildman–Crippen MR) is 60.1 cm³/mol. The lowest BCUT2D eigenvalue weighted by molar-refractivity contribution is -0.132. The number of alkyl halides is 2. The minimum absolute atomic E-state index is 0.0531. The number of likely N-dealkylation sites (tertiary alicyclic amines) is 1. The number of piperidine rings is 1. The summed E-state index contributed by atoms with van der Waals surface area (Å²) in [5.41, 5.74) is 0. The van der Waals surface area contributed by atoms with Crippen LogP contribution in [-0.4, -0.2) is 67.4 Å². The van der Waals surface area contributed by atoms with E-state index in [0.29, 0.717) is 32.7 Å². The van der Waals surface area contributed by atoms with Crippen LogP contribution in [-0.2, 0) is 4.79 Å². The molecule has 1 N–H and O–H groups in total. The van der Waals surface area contributed by atoms with Crippen molar-refractivity contribution in [2.75, 3.05) is 45.8 Å². The Morgan fingerprint density at radius 3 is 2.53 bits per heavy atom. The summed E-state index contributed by atoms with van der Waals surface area (Å²) in [5, 5.41) is 3.01. The molecule has 2 aliphatic heterocycles. The van der Waals surface area contributed by atoms with Gasteiger partial charge in [0.1, 0.15) is 0 Å². The lowest BCUT2D eigenvalue weighted by atomic mass is 10.1. The van der Waals surface area contributed by atoms with Crippen LogP contribution in [0.25, 0.3) is 0 Å². The number of hydrogen-bond acceptors (Lipinski definition) is 3. The summed E-state index contributed by atoms with van der Waals surface area (Å²) >= 11 is 0. The zero-order valence-electron chi connectivity index (χ0n) is 9.92. The van der Waals surface area contributed by atoms with Gasteiger partial charge in [-0.1, -0.05) is 0 Å². The molecule has 0 spiro atoms. The summed E-state index contributed by atoms with van der Waals surface area (Å²) in [6, 6.07) is 0. The van der Waals surface area contributed by atoms with Crippen LogP contribution in [0.1, 0.15) is 12.8 Å². The smallest absolute Gasteiger partial charge is 0.250 e. The van der Waals surface area contributed by atoms with Crippen molar-refractivity contribution in [2.45, 2.75) is 18.8 Å². The van der Waals surface area contributed by atoms with E-state index >= 15 is 0 Å². The van der Waals surface area contributed by atoms with Crippen molar-refractivity contribution >= 4 is 5.91 Å². The monoisotopic (exact) mass is 247 g/mol. The van der Waals surface area contributed by atoms with E-state index in [1.165, 1.54) is 0 Å². The SMILES string of the molecule is O=C1CNCCN1CCN1CCC(F)(F)CC1. The van der Waals surface area contributed by atoms with Crippen molar-refractivity contribution in [3.63, 3.8) is 0 Å². The summed E-state index contributed by atoms with van der Waals surface area (Å²) < 4.78 is 25.9. The van der Waals surface area contributed by atoms with Crippen LogP contribution in [0.4, 0.5) is 8.78 Å². The Labute approximate surface area is 99.9 Å². The third kappa shape index (κ3) is 3.61. The van der Waals surface area contributed by atoms with Gasteiger partial charge < -0.3 is 15.1 Å². The number of halogens is 2. The van der Waals surface area contributed by atoms with Crippen LogP contribution in [0, 0.1) is 0 Å². The third-order valence-electron chi connectivity index (χ3n) is 3.46. The highest BCUT2D eigenvalue weighted by Crippen LogP contribution is 2.27. The molecular formula is C11H19F2N3O. The first-order valence-electron chi connectivity index (χ1n) is 6.15. The number of nitrogens with one attached hydrogen (secondary N) is 1. The van der Waals surface area contributed by atoms with Gasteiger partial charge in [-0.15, -0.1) is 0 Å². The molecule has 0 bridgehead atoms. The number of carbonyl (C=O) groups is 1. The standard InChI is InChI=1S/C11H19F2N3O/c12-11(13)1-4-15(5-2-11)7-8-16-6-3-14-9-10(16)17/h14H,1-9H2. The van der Waals surface area contributed by atoms with E-state index in [-0.39, 0.29) is 18.7 Å². The predicted octanol–water partition coefficient (Wildman–Crippen LogP) is 0.149. The quantitative estimate of drug-likeness (QED) is 0.771. The van der Waals surface area contributed by atoms with E-state index in [4.69, 9.17) is 0 Å². The normalized spacial score (nSPS) is 26.2. The van der Waals surface area contributed by atoms with Crippen LogP contribution in [0.2, 0.25) is 0 Å². The molecule has 0 unspecified atom stereocenters. The molecule has 4 nitrogen and oxygen atoms in total. The number of hydrogen-bond donors (Lipinski definition) is 1. The molecule has 0 aromatic carbocycles. The number of piperazine rings is 1. The van der Waals surface area contributed by atoms with Gasteiger partial charge in [-0.05, 0) is 0 Å². The highest BCUT2D eigenvalue weighted by Gasteiger charge is 2.33. The molecule has 0 aromatic heterocycles. The van der Waals surface area contributed by atoms with Crippen molar-refractivity contribution in [2.24, 2.45) is 0 Å². The lowest BCUT2D eigenvalue weighted by Gasteiger charge is -2.34. The van der Waals surface area contributed by atoms with Crippen LogP contribution >= 0.6 is 0 Å². The molecule has 0 aliphatic carbocycles. The molecule has 98 valence electrons. The van der Waals surface area contributed by atoms with Gasteiger partial charge in [-0.3, -0.25) is 4.79 Å². The second-order valence-corrected chi connectivity index (χ2v) is 4.76. The highest BCUT2D eigenvalue weighted by atomic mass is 19.3. The molecule has 2 saturated heterocycles. The van der Waals surface area contributed by atoms with E-state index in [0.717, 1.165) is 13.1 Å². The van der Waals surface area contributed by atoms with E-state index in [1.807, 2.05) is 9.80 Å². The van der Waals surface area contributed by atoms with Crippen LogP contribution in [0.15, 0.2) is 0 Å². The first-order chi connectivity index (χ1) is 8.07. The maximum Gasteiger partial charge on any atom is 0.250 e. The average Bonchev–Trinajstić information content (AvgIpc) is 2.30. The first-order valence-corrected chi connectivity index (χ1v) is 6.15. The number of rotatable bonds is 3. The molecule has 1 amide bonds. The Bertz CT molecular complexity index is 276. The van der Waals surface area contributed by atoms with Crippen LogP contribution < -0.4 is 5.32 Å². The summed E-state index contributed by atoms with van der Waals surface area (Å²) in [7, 11) is 0. The van der Waals surface area contributed by atoms with Crippen molar-refractivity contribution in [3.05, 3.63) is 0 Å². The number of amides is 1. The zero-order valence-corrected chi connectivity index (χ0v) is 9.92. The van der Waals surface area contributed by atoms with Crippen LogP contribution in [0.3, 0.4) is 0 Å². The van der Waals surface area contributed by atoms with Gasteiger partial charge in [0.2, 0.25) is 5.91 Å². The number of carbonyl (C=O) groups excluding carboxylic acids is 1. The fourth-order valence-corrected chi connectivity index (χ4v) is 2.25. The summed E-state index contributed by atoms with van der Waals surface area (Å²) in [6.45, 7) is 4.19. The van der Waals surface area contributed by atoms with Crippen molar-refractivity contribution in [1.29, 1.82) is 0 Å². The maximum absolute atomic E-state index is 12.9. The topological polar surface area (TPSA) is 35.6 Å². The Hall–Kier alpha value is -0.750. The van der Waals surface area contributed by atoms with E-state index < -0.39 is 5.92 Å². The molecule has 0 saturated carbocycles. The molecule has 0 radical (unpaired) electrons. The molecule has 17 heavy (non-hydrogen) atoms. The second-order valence-electron chi connectivity index (χ2n) is 4.76. The Balaban J connectivity index is 1.70. The molecule has 2 heterocycles. The van der Waals surface area contributed by atoms with Crippen molar-refractivity contribution < 1.29 is 13.6 Å². The third-order valence-corrected chi connectivity index (χ3v) is 3.46. The largest absolute Gasteiger partial charge is 0.339 e. The summed E-state index contributed by atoms with van der Waals surface area (Å²) in [4.78, 5) is 15.3. The van der Waals surface area contributed by atoms with Gasteiger partial charge >= 0.3 is 0 Å². The molecule has 0 atom stereocenters. The minimum Gasteiger partial charge on any atom is -0.339 e. The first kappa shape index (κ1) is 12.7. The van der Waals surface area contributed by atoms with Crippen LogP contribution in [0.5, 0.6) is 0 Å². The Morgan fingerprint density at radius 1 is 1.18 bits per heavy atom. The lowest BCUT2D eigenvalue weighted by Crippen LogP contribution is -2.51. The maximum atomic E-state index is 12.9. The Morgan fingerprint density at radius 2 is 1.88 bits per heavy atom. The number of nitrogens with zero attached hydrogens (tertiary/aromatic N) is 2. The van der Waals surface area contributed by atoms with E-state index in [2.05, 4.69) is 5.32 Å². The summed E-state index contributed by atoms with van der Waals surface area (Å²) in [6.07, 6.45) is -0.106. The van der Waals surface area contributed by atoms with E-state index in [1.54, 1.807) is 0 Å².